The molecule has 2 heterocycles. The summed E-state index contributed by atoms with van der Waals surface area (Å²) in [7, 11) is 0. The Labute approximate surface area is 143 Å². The van der Waals surface area contributed by atoms with Gasteiger partial charge in [0.2, 0.25) is 5.91 Å². The lowest BCUT2D eigenvalue weighted by atomic mass is 9.93. The number of nitrogens with one attached hydrogen (secondary N) is 2. The maximum Gasteiger partial charge on any atom is 0.253 e. The Bertz CT molecular complexity index is 567. The zero-order valence-corrected chi connectivity index (χ0v) is 14.3. The molecule has 2 aliphatic heterocycles. The highest BCUT2D eigenvalue weighted by Gasteiger charge is 2.30. The third-order valence-corrected chi connectivity index (χ3v) is 5.26. The van der Waals surface area contributed by atoms with Gasteiger partial charge in [-0.1, -0.05) is 18.2 Å². The molecule has 0 aromatic heterocycles. The van der Waals surface area contributed by atoms with Crippen LogP contribution in [0, 0.1) is 5.92 Å². The first-order chi connectivity index (χ1) is 11.6. The normalized spacial score (nSPS) is 25.3. The molecule has 5 heteroatoms. The molecule has 0 aliphatic carbocycles. The van der Waals surface area contributed by atoms with E-state index in [9.17, 15) is 9.59 Å². The molecular weight excluding hydrogens is 302 g/mol. The van der Waals surface area contributed by atoms with E-state index in [-0.39, 0.29) is 23.8 Å². The Morgan fingerprint density at radius 2 is 1.83 bits per heavy atom. The Balaban J connectivity index is 1.49. The van der Waals surface area contributed by atoms with Gasteiger partial charge >= 0.3 is 0 Å². The first kappa shape index (κ1) is 17.0. The van der Waals surface area contributed by atoms with E-state index in [0.717, 1.165) is 37.8 Å². The van der Waals surface area contributed by atoms with Crippen LogP contribution in [-0.4, -0.2) is 48.4 Å². The number of piperidine rings is 2. The largest absolute Gasteiger partial charge is 0.352 e. The van der Waals surface area contributed by atoms with E-state index in [1.54, 1.807) is 0 Å². The van der Waals surface area contributed by atoms with E-state index >= 15 is 0 Å². The smallest absolute Gasteiger partial charge is 0.253 e. The van der Waals surface area contributed by atoms with E-state index < -0.39 is 0 Å². The molecule has 2 saturated heterocycles. The Hall–Kier alpha value is -1.88. The van der Waals surface area contributed by atoms with Crippen molar-refractivity contribution in [1.82, 2.24) is 15.5 Å². The summed E-state index contributed by atoms with van der Waals surface area (Å²) in [6.07, 6.45) is 3.66. The zero-order chi connectivity index (χ0) is 16.9. The summed E-state index contributed by atoms with van der Waals surface area (Å²) in [5, 5.41) is 6.62. The first-order valence-corrected chi connectivity index (χ1v) is 9.03. The van der Waals surface area contributed by atoms with Crippen LogP contribution in [0.25, 0.3) is 0 Å². The second-order valence-electron chi connectivity index (χ2n) is 6.93. The number of benzene rings is 1. The number of amides is 2. The van der Waals surface area contributed by atoms with Crippen molar-refractivity contribution in [3.63, 3.8) is 0 Å². The van der Waals surface area contributed by atoms with E-state index in [4.69, 9.17) is 0 Å². The molecule has 0 bridgehead atoms. The lowest BCUT2D eigenvalue weighted by Gasteiger charge is -2.35. The molecule has 3 rings (SSSR count). The van der Waals surface area contributed by atoms with Crippen molar-refractivity contribution < 1.29 is 9.59 Å². The molecule has 130 valence electrons. The monoisotopic (exact) mass is 329 g/mol. The maximum atomic E-state index is 12.5. The lowest BCUT2D eigenvalue weighted by Crippen LogP contribution is -2.54. The second-order valence-corrected chi connectivity index (χ2v) is 6.93. The molecule has 0 spiro atoms. The molecule has 2 aliphatic rings. The third kappa shape index (κ3) is 3.96. The van der Waals surface area contributed by atoms with Crippen molar-refractivity contribution in [3.8, 4) is 0 Å². The molecule has 24 heavy (non-hydrogen) atoms. The number of carbonyl (C=O) groups is 2. The van der Waals surface area contributed by atoms with Crippen molar-refractivity contribution in [3.05, 3.63) is 35.9 Å². The lowest BCUT2D eigenvalue weighted by molar-refractivity contribution is -0.127. The summed E-state index contributed by atoms with van der Waals surface area (Å²) in [6.45, 7) is 4.48. The Morgan fingerprint density at radius 3 is 2.50 bits per heavy atom. The second kappa shape index (κ2) is 7.79. The highest BCUT2D eigenvalue weighted by atomic mass is 16.2. The van der Waals surface area contributed by atoms with Crippen LogP contribution in [0.15, 0.2) is 30.3 Å². The van der Waals surface area contributed by atoms with Crippen LogP contribution in [-0.2, 0) is 4.79 Å². The van der Waals surface area contributed by atoms with Crippen LogP contribution in [0.5, 0.6) is 0 Å². The average molecular weight is 329 g/mol. The number of likely N-dealkylation sites (tertiary alicyclic amines) is 1. The molecule has 1 aromatic rings. The fourth-order valence-corrected chi connectivity index (χ4v) is 3.65. The molecule has 2 N–H and O–H groups in total. The molecule has 2 fully saturated rings. The molecule has 0 radical (unpaired) electrons. The third-order valence-electron chi connectivity index (χ3n) is 5.26. The maximum absolute atomic E-state index is 12.5. The van der Waals surface area contributed by atoms with Gasteiger partial charge in [-0.05, 0) is 51.3 Å². The van der Waals surface area contributed by atoms with Crippen molar-refractivity contribution >= 4 is 11.8 Å². The summed E-state index contributed by atoms with van der Waals surface area (Å²) < 4.78 is 0. The fraction of sp³-hybridized carbons (Fsp3) is 0.579. The summed E-state index contributed by atoms with van der Waals surface area (Å²) in [5.74, 6) is 0.251. The number of nitrogens with zero attached hydrogens (tertiary/aromatic N) is 1. The van der Waals surface area contributed by atoms with Gasteiger partial charge in [0.1, 0.15) is 0 Å². The molecule has 5 nitrogen and oxygen atoms in total. The zero-order valence-electron chi connectivity index (χ0n) is 14.3. The molecular formula is C19H27N3O2. The van der Waals surface area contributed by atoms with Crippen LogP contribution >= 0.6 is 0 Å². The summed E-state index contributed by atoms with van der Waals surface area (Å²) in [5.41, 5.74) is 0.725. The number of hydrogen-bond donors (Lipinski definition) is 2. The summed E-state index contributed by atoms with van der Waals surface area (Å²) in [4.78, 5) is 26.8. The van der Waals surface area contributed by atoms with Crippen LogP contribution < -0.4 is 10.6 Å². The van der Waals surface area contributed by atoms with Gasteiger partial charge in [-0.2, -0.15) is 0 Å². The SMILES string of the molecule is CC1NCCCC1NC(=O)C1CCN(C(=O)c2ccccc2)CC1. The minimum atomic E-state index is 0.0268. The highest BCUT2D eigenvalue weighted by molar-refractivity contribution is 5.94. The standard InChI is InChI=1S/C19H27N3O2/c1-14-17(8-5-11-20-14)21-18(23)15-9-12-22(13-10-15)19(24)16-6-3-2-4-7-16/h2-4,6-7,14-15,17,20H,5,8-13H2,1H3,(H,21,23). The predicted octanol–water partition coefficient (Wildman–Crippen LogP) is 1.80. The number of hydrogen-bond acceptors (Lipinski definition) is 3. The minimum Gasteiger partial charge on any atom is -0.352 e. The van der Waals surface area contributed by atoms with E-state index in [2.05, 4.69) is 17.6 Å². The van der Waals surface area contributed by atoms with Crippen molar-refractivity contribution in [1.29, 1.82) is 0 Å². The fourth-order valence-electron chi connectivity index (χ4n) is 3.65. The topological polar surface area (TPSA) is 61.4 Å². The number of carbonyl (C=O) groups excluding carboxylic acids is 2. The van der Waals surface area contributed by atoms with Crippen molar-refractivity contribution in [2.75, 3.05) is 19.6 Å². The van der Waals surface area contributed by atoms with E-state index in [0.29, 0.717) is 19.1 Å². The Morgan fingerprint density at radius 1 is 1.12 bits per heavy atom. The first-order valence-electron chi connectivity index (χ1n) is 9.03. The number of rotatable bonds is 3. The van der Waals surface area contributed by atoms with Gasteiger partial charge in [0.25, 0.3) is 5.91 Å². The van der Waals surface area contributed by atoms with Gasteiger partial charge in [0.15, 0.2) is 0 Å². The Kier molecular flexibility index (Phi) is 5.51. The van der Waals surface area contributed by atoms with Gasteiger partial charge < -0.3 is 15.5 Å². The molecule has 1 aromatic carbocycles. The predicted molar refractivity (Wildman–Crippen MR) is 93.7 cm³/mol. The van der Waals surface area contributed by atoms with Gasteiger partial charge in [-0.25, -0.2) is 0 Å². The van der Waals surface area contributed by atoms with Crippen molar-refractivity contribution in [2.24, 2.45) is 5.92 Å². The van der Waals surface area contributed by atoms with Gasteiger partial charge in [-0.3, -0.25) is 9.59 Å². The molecule has 0 saturated carbocycles. The molecule has 2 amide bonds. The van der Waals surface area contributed by atoms with Crippen LogP contribution in [0.4, 0.5) is 0 Å². The van der Waals surface area contributed by atoms with Gasteiger partial charge in [0.05, 0.1) is 0 Å². The summed E-state index contributed by atoms with van der Waals surface area (Å²) in [6, 6.07) is 9.93. The highest BCUT2D eigenvalue weighted by Crippen LogP contribution is 2.20. The van der Waals surface area contributed by atoms with Crippen molar-refractivity contribution in [2.45, 2.75) is 44.7 Å². The van der Waals surface area contributed by atoms with E-state index in [1.165, 1.54) is 0 Å². The van der Waals surface area contributed by atoms with Gasteiger partial charge in [-0.15, -0.1) is 0 Å². The summed E-state index contributed by atoms with van der Waals surface area (Å²) >= 11 is 0. The van der Waals surface area contributed by atoms with Crippen LogP contribution in [0.2, 0.25) is 0 Å². The molecule has 2 atom stereocenters. The molecule has 2 unspecified atom stereocenters. The quantitative estimate of drug-likeness (QED) is 0.889. The average Bonchev–Trinajstić information content (AvgIpc) is 2.64. The van der Waals surface area contributed by atoms with E-state index in [1.807, 2.05) is 35.2 Å². The minimum absolute atomic E-state index is 0.0268. The van der Waals surface area contributed by atoms with Crippen LogP contribution in [0.1, 0.15) is 43.0 Å². The van der Waals surface area contributed by atoms with Crippen LogP contribution in [0.3, 0.4) is 0 Å². The van der Waals surface area contributed by atoms with Gasteiger partial charge in [0, 0.05) is 36.7 Å².